The largest absolute Gasteiger partial charge is 0.347 e. The predicted octanol–water partition coefficient (Wildman–Crippen LogP) is 3.39. The van der Waals surface area contributed by atoms with Crippen LogP contribution < -0.4 is 5.32 Å². The van der Waals surface area contributed by atoms with Gasteiger partial charge in [-0.2, -0.15) is 0 Å². The van der Waals surface area contributed by atoms with Crippen molar-refractivity contribution in [3.63, 3.8) is 0 Å². The molecular formula is C20H20N2O3S. The van der Waals surface area contributed by atoms with Gasteiger partial charge in [0.05, 0.1) is 17.2 Å². The summed E-state index contributed by atoms with van der Waals surface area (Å²) in [5.41, 5.74) is 0.742. The van der Waals surface area contributed by atoms with Crippen LogP contribution in [-0.4, -0.2) is 29.2 Å². The van der Waals surface area contributed by atoms with Crippen molar-refractivity contribution in [3.05, 3.63) is 57.8 Å². The van der Waals surface area contributed by atoms with Gasteiger partial charge in [0.25, 0.3) is 11.8 Å². The maximum atomic E-state index is 12.7. The fourth-order valence-electron chi connectivity index (χ4n) is 3.93. The third kappa shape index (κ3) is 3.05. The monoisotopic (exact) mass is 368 g/mol. The summed E-state index contributed by atoms with van der Waals surface area (Å²) in [4.78, 5) is 39.7. The van der Waals surface area contributed by atoms with E-state index in [2.05, 4.69) is 5.32 Å². The number of benzene rings is 1. The highest BCUT2D eigenvalue weighted by molar-refractivity contribution is 7.10. The molecule has 134 valence electrons. The Kier molecular flexibility index (Phi) is 4.59. The molecule has 1 unspecified atom stereocenters. The first-order valence-corrected chi connectivity index (χ1v) is 9.81. The first kappa shape index (κ1) is 17.0. The van der Waals surface area contributed by atoms with E-state index in [-0.39, 0.29) is 18.5 Å². The number of hydrogen-bond donors (Lipinski definition) is 1. The molecule has 0 saturated heterocycles. The number of imide groups is 1. The zero-order valence-corrected chi connectivity index (χ0v) is 15.1. The Balaban J connectivity index is 1.48. The summed E-state index contributed by atoms with van der Waals surface area (Å²) in [5, 5.41) is 5.09. The number of fused-ring (bicyclic) bond motifs is 1. The van der Waals surface area contributed by atoms with Crippen molar-refractivity contribution in [2.75, 3.05) is 6.54 Å². The molecule has 2 aromatic rings. The SMILES string of the molecule is O=C(CN1C(=O)c2ccccc2C1=O)NC(c1cccs1)C1CCCC1. The molecule has 3 amide bonds. The average Bonchev–Trinajstić information content (AvgIpc) is 3.40. The highest BCUT2D eigenvalue weighted by Crippen LogP contribution is 2.37. The van der Waals surface area contributed by atoms with Gasteiger partial charge < -0.3 is 5.32 Å². The lowest BCUT2D eigenvalue weighted by molar-refractivity contribution is -0.122. The van der Waals surface area contributed by atoms with E-state index < -0.39 is 11.8 Å². The van der Waals surface area contributed by atoms with E-state index in [1.807, 2.05) is 17.5 Å². The number of carbonyl (C=O) groups is 3. The van der Waals surface area contributed by atoms with Gasteiger partial charge in [0.15, 0.2) is 0 Å². The van der Waals surface area contributed by atoms with E-state index in [1.165, 1.54) is 12.8 Å². The van der Waals surface area contributed by atoms with Crippen molar-refractivity contribution in [3.8, 4) is 0 Å². The molecule has 1 aromatic heterocycles. The second-order valence-electron chi connectivity index (χ2n) is 6.85. The molecule has 0 radical (unpaired) electrons. The molecule has 1 fully saturated rings. The molecule has 0 bridgehead atoms. The number of amides is 3. The van der Waals surface area contributed by atoms with Gasteiger partial charge >= 0.3 is 0 Å². The quantitative estimate of drug-likeness (QED) is 0.823. The van der Waals surface area contributed by atoms with Crippen molar-refractivity contribution in [1.29, 1.82) is 0 Å². The Morgan fingerprint density at radius 1 is 1.08 bits per heavy atom. The molecule has 1 aromatic carbocycles. The number of nitrogens with zero attached hydrogens (tertiary/aromatic N) is 1. The van der Waals surface area contributed by atoms with Crippen molar-refractivity contribution in [2.24, 2.45) is 5.92 Å². The first-order chi connectivity index (χ1) is 12.6. The van der Waals surface area contributed by atoms with Gasteiger partial charge in [-0.05, 0) is 42.3 Å². The van der Waals surface area contributed by atoms with E-state index in [4.69, 9.17) is 0 Å². The van der Waals surface area contributed by atoms with Crippen LogP contribution in [0.3, 0.4) is 0 Å². The van der Waals surface area contributed by atoms with Gasteiger partial charge in [-0.1, -0.05) is 31.0 Å². The minimum atomic E-state index is -0.394. The van der Waals surface area contributed by atoms with E-state index in [0.717, 1.165) is 22.6 Å². The molecular weight excluding hydrogens is 348 g/mol. The van der Waals surface area contributed by atoms with Crippen LogP contribution in [0.5, 0.6) is 0 Å². The zero-order chi connectivity index (χ0) is 18.1. The maximum Gasteiger partial charge on any atom is 0.262 e. The summed E-state index contributed by atoms with van der Waals surface area (Å²) in [7, 11) is 0. The van der Waals surface area contributed by atoms with Gasteiger partial charge in [0, 0.05) is 4.88 Å². The van der Waals surface area contributed by atoms with Crippen LogP contribution in [0.1, 0.15) is 57.3 Å². The molecule has 1 saturated carbocycles. The second-order valence-corrected chi connectivity index (χ2v) is 7.83. The highest BCUT2D eigenvalue weighted by Gasteiger charge is 2.37. The topological polar surface area (TPSA) is 66.5 Å². The van der Waals surface area contributed by atoms with Crippen LogP contribution in [0.4, 0.5) is 0 Å². The molecule has 1 aliphatic carbocycles. The molecule has 4 rings (SSSR count). The summed E-state index contributed by atoms with van der Waals surface area (Å²) in [6.07, 6.45) is 4.55. The molecule has 1 N–H and O–H groups in total. The lowest BCUT2D eigenvalue weighted by Gasteiger charge is -2.25. The third-order valence-electron chi connectivity index (χ3n) is 5.22. The summed E-state index contributed by atoms with van der Waals surface area (Å²) >= 11 is 1.63. The van der Waals surface area contributed by atoms with Crippen LogP contribution >= 0.6 is 11.3 Å². The van der Waals surface area contributed by atoms with Crippen LogP contribution in [0.15, 0.2) is 41.8 Å². The number of carbonyl (C=O) groups excluding carboxylic acids is 3. The Morgan fingerprint density at radius 3 is 2.31 bits per heavy atom. The van der Waals surface area contributed by atoms with Gasteiger partial charge in [-0.15, -0.1) is 11.3 Å². The van der Waals surface area contributed by atoms with Crippen LogP contribution in [0, 0.1) is 5.92 Å². The van der Waals surface area contributed by atoms with Gasteiger partial charge in [0.2, 0.25) is 5.91 Å². The molecule has 1 atom stereocenters. The number of hydrogen-bond acceptors (Lipinski definition) is 4. The Labute approximate surface area is 156 Å². The fourth-order valence-corrected chi connectivity index (χ4v) is 4.80. The Morgan fingerprint density at radius 2 is 1.73 bits per heavy atom. The van der Waals surface area contributed by atoms with Gasteiger partial charge in [-0.25, -0.2) is 0 Å². The molecule has 1 aliphatic heterocycles. The molecule has 6 heteroatoms. The van der Waals surface area contributed by atoms with E-state index in [9.17, 15) is 14.4 Å². The molecule has 26 heavy (non-hydrogen) atoms. The lowest BCUT2D eigenvalue weighted by Crippen LogP contribution is -2.42. The molecule has 2 aliphatic rings. The Bertz CT molecular complexity index is 806. The summed E-state index contributed by atoms with van der Waals surface area (Å²) in [5.74, 6) is -0.659. The first-order valence-electron chi connectivity index (χ1n) is 8.93. The highest BCUT2D eigenvalue weighted by atomic mass is 32.1. The van der Waals surface area contributed by atoms with Crippen molar-refractivity contribution >= 4 is 29.1 Å². The standard InChI is InChI=1S/C20H20N2O3S/c23-17(12-22-19(24)14-8-3-4-9-15(14)20(22)25)21-18(13-6-1-2-7-13)16-10-5-11-26-16/h3-5,8-11,13,18H,1-2,6-7,12H2,(H,21,23). The van der Waals surface area contributed by atoms with Crippen molar-refractivity contribution in [2.45, 2.75) is 31.7 Å². The second kappa shape index (κ2) is 7.03. The number of rotatable bonds is 5. The summed E-state index contributed by atoms with van der Waals surface area (Å²) < 4.78 is 0. The smallest absolute Gasteiger partial charge is 0.262 e. The summed E-state index contributed by atoms with van der Waals surface area (Å²) in [6.45, 7) is -0.235. The van der Waals surface area contributed by atoms with E-state index >= 15 is 0 Å². The number of thiophene rings is 1. The zero-order valence-electron chi connectivity index (χ0n) is 14.3. The fraction of sp³-hybridized carbons (Fsp3) is 0.350. The van der Waals surface area contributed by atoms with Gasteiger partial charge in [0.1, 0.15) is 6.54 Å². The van der Waals surface area contributed by atoms with Crippen LogP contribution in [-0.2, 0) is 4.79 Å². The lowest BCUT2D eigenvalue weighted by atomic mass is 9.96. The van der Waals surface area contributed by atoms with Gasteiger partial charge in [-0.3, -0.25) is 19.3 Å². The van der Waals surface area contributed by atoms with E-state index in [0.29, 0.717) is 17.0 Å². The maximum absolute atomic E-state index is 12.7. The molecule has 0 spiro atoms. The van der Waals surface area contributed by atoms with Crippen LogP contribution in [0.25, 0.3) is 0 Å². The minimum absolute atomic E-state index is 0.0415. The predicted molar refractivity (Wildman–Crippen MR) is 99.0 cm³/mol. The molecule has 5 nitrogen and oxygen atoms in total. The van der Waals surface area contributed by atoms with Crippen molar-refractivity contribution < 1.29 is 14.4 Å². The Hall–Kier alpha value is -2.47. The van der Waals surface area contributed by atoms with Crippen molar-refractivity contribution in [1.82, 2.24) is 10.2 Å². The molecule has 2 heterocycles. The normalized spacial score (nSPS) is 18.2. The minimum Gasteiger partial charge on any atom is -0.347 e. The van der Waals surface area contributed by atoms with Crippen LogP contribution in [0.2, 0.25) is 0 Å². The van der Waals surface area contributed by atoms with E-state index in [1.54, 1.807) is 35.6 Å². The average molecular weight is 368 g/mol. The number of nitrogens with one attached hydrogen (secondary N) is 1. The third-order valence-corrected chi connectivity index (χ3v) is 6.17. The summed E-state index contributed by atoms with van der Waals surface area (Å²) in [6, 6.07) is 10.7.